The Morgan fingerprint density at radius 2 is 1.92 bits per heavy atom. The zero-order valence-electron chi connectivity index (χ0n) is 8.51. The molecule has 2 fully saturated rings. The molecule has 0 aromatic carbocycles. The number of halogens is 1. The Morgan fingerprint density at radius 1 is 1.23 bits per heavy atom. The van der Waals surface area contributed by atoms with Gasteiger partial charge in [-0.1, -0.05) is 26.2 Å². The van der Waals surface area contributed by atoms with Crippen molar-refractivity contribution in [3.05, 3.63) is 0 Å². The number of fused-ring (bicyclic) bond motifs is 1. The van der Waals surface area contributed by atoms with Crippen LogP contribution in [-0.4, -0.2) is 15.7 Å². The molecule has 2 heteroatoms. The monoisotopic (exact) mass is 293 g/mol. The predicted molar refractivity (Wildman–Crippen MR) is 64.9 cm³/mol. The summed E-state index contributed by atoms with van der Waals surface area (Å²) in [4.78, 5) is 0. The lowest BCUT2D eigenvalue weighted by atomic mass is 9.73. The maximum atomic E-state index is 2.57. The molecular weight excluding hydrogens is 273 g/mol. The van der Waals surface area contributed by atoms with Crippen LogP contribution in [-0.2, 0) is 0 Å². The van der Waals surface area contributed by atoms with Crippen LogP contribution in [0.25, 0.3) is 0 Å². The topological polar surface area (TPSA) is 3.24 Å². The summed E-state index contributed by atoms with van der Waals surface area (Å²) in [5, 5.41) is 0. The lowest BCUT2D eigenvalue weighted by molar-refractivity contribution is 0.109. The van der Waals surface area contributed by atoms with Crippen LogP contribution < -0.4 is 0 Å². The molecule has 0 spiro atoms. The van der Waals surface area contributed by atoms with Crippen molar-refractivity contribution in [1.82, 2.24) is 3.11 Å². The maximum Gasteiger partial charge on any atom is 0.0204 e. The molecule has 0 unspecified atom stereocenters. The van der Waals surface area contributed by atoms with Gasteiger partial charge in [0.25, 0.3) is 0 Å². The quantitative estimate of drug-likeness (QED) is 0.527. The molecule has 13 heavy (non-hydrogen) atoms. The fourth-order valence-electron chi connectivity index (χ4n) is 3.04. The van der Waals surface area contributed by atoms with Crippen molar-refractivity contribution in [2.24, 2.45) is 11.8 Å². The third-order valence-corrected chi connectivity index (χ3v) is 5.10. The largest absolute Gasteiger partial charge is 0.244 e. The van der Waals surface area contributed by atoms with Gasteiger partial charge in [0.05, 0.1) is 0 Å². The van der Waals surface area contributed by atoms with Crippen molar-refractivity contribution < 1.29 is 0 Å². The first-order valence-corrected chi connectivity index (χ1v) is 6.70. The zero-order chi connectivity index (χ0) is 9.26. The number of hydrogen-bond acceptors (Lipinski definition) is 1. The highest BCUT2D eigenvalue weighted by atomic mass is 127. The van der Waals surface area contributed by atoms with Crippen molar-refractivity contribution in [2.75, 3.05) is 6.54 Å². The van der Waals surface area contributed by atoms with Crippen LogP contribution in [0.3, 0.4) is 0 Å². The van der Waals surface area contributed by atoms with Gasteiger partial charge < -0.3 is 0 Å². The van der Waals surface area contributed by atoms with E-state index in [1.165, 1.54) is 45.1 Å². The number of piperidine rings is 1. The molecule has 1 nitrogen and oxygen atoms in total. The maximum absolute atomic E-state index is 2.57. The second-order valence-corrected chi connectivity index (χ2v) is 5.92. The molecule has 3 atom stereocenters. The summed E-state index contributed by atoms with van der Waals surface area (Å²) in [7, 11) is 0. The normalized spacial score (nSPS) is 41.5. The van der Waals surface area contributed by atoms with Crippen molar-refractivity contribution >= 4 is 22.9 Å². The standard InChI is InChI=1S/C11H20IN/c1-2-11-7-9-5-3-4-6-10(9)8-13(11)12/h9-11H,2-8H2,1H3/t9-,10+,11-/m0/s1. The lowest BCUT2D eigenvalue weighted by Gasteiger charge is -2.43. The van der Waals surface area contributed by atoms with Crippen molar-refractivity contribution in [2.45, 2.75) is 51.5 Å². The van der Waals surface area contributed by atoms with Gasteiger partial charge in [0.2, 0.25) is 0 Å². The van der Waals surface area contributed by atoms with Crippen LogP contribution >= 0.6 is 22.9 Å². The van der Waals surface area contributed by atoms with Crippen LogP contribution in [0, 0.1) is 11.8 Å². The third kappa shape index (κ3) is 2.20. The van der Waals surface area contributed by atoms with Crippen LogP contribution in [0.2, 0.25) is 0 Å². The molecule has 0 amide bonds. The summed E-state index contributed by atoms with van der Waals surface area (Å²) >= 11 is 2.54. The Morgan fingerprint density at radius 3 is 2.62 bits per heavy atom. The van der Waals surface area contributed by atoms with E-state index in [0.717, 1.165) is 17.9 Å². The summed E-state index contributed by atoms with van der Waals surface area (Å²) in [6.45, 7) is 3.70. The van der Waals surface area contributed by atoms with E-state index in [4.69, 9.17) is 0 Å². The highest BCUT2D eigenvalue weighted by Gasteiger charge is 2.34. The first-order valence-electron chi connectivity index (χ1n) is 5.73. The molecule has 0 aromatic heterocycles. The Hall–Kier alpha value is 0.690. The third-order valence-electron chi connectivity index (χ3n) is 3.92. The Balaban J connectivity index is 1.97. The van der Waals surface area contributed by atoms with E-state index in [1.807, 2.05) is 0 Å². The van der Waals surface area contributed by atoms with E-state index in [-0.39, 0.29) is 0 Å². The van der Waals surface area contributed by atoms with Gasteiger partial charge in [0.1, 0.15) is 0 Å². The molecule has 0 aromatic rings. The summed E-state index contributed by atoms with van der Waals surface area (Å²) in [5.41, 5.74) is 0. The van der Waals surface area contributed by atoms with Crippen molar-refractivity contribution in [3.8, 4) is 0 Å². The molecule has 1 aliphatic carbocycles. The molecule has 0 bridgehead atoms. The minimum Gasteiger partial charge on any atom is -0.244 e. The molecular formula is C11H20IN. The summed E-state index contributed by atoms with van der Waals surface area (Å²) in [6, 6.07) is 0.875. The van der Waals surface area contributed by atoms with Gasteiger partial charge in [-0.2, -0.15) is 0 Å². The number of nitrogens with zero attached hydrogens (tertiary/aromatic N) is 1. The smallest absolute Gasteiger partial charge is 0.0204 e. The Labute approximate surface area is 95.8 Å². The highest BCUT2D eigenvalue weighted by molar-refractivity contribution is 14.1. The molecule has 2 aliphatic rings. The molecule has 0 N–H and O–H groups in total. The molecule has 76 valence electrons. The van der Waals surface area contributed by atoms with Gasteiger partial charge in [-0.3, -0.25) is 0 Å². The van der Waals surface area contributed by atoms with Gasteiger partial charge in [0, 0.05) is 35.5 Å². The van der Waals surface area contributed by atoms with Crippen LogP contribution in [0.15, 0.2) is 0 Å². The van der Waals surface area contributed by atoms with Gasteiger partial charge in [-0.05, 0) is 31.1 Å². The van der Waals surface area contributed by atoms with Crippen molar-refractivity contribution in [1.29, 1.82) is 0 Å². The molecule has 0 radical (unpaired) electrons. The first-order chi connectivity index (χ1) is 6.31. The van der Waals surface area contributed by atoms with E-state index in [1.54, 1.807) is 0 Å². The van der Waals surface area contributed by atoms with E-state index in [2.05, 4.69) is 32.9 Å². The molecule has 1 saturated carbocycles. The Kier molecular flexibility index (Phi) is 3.52. The van der Waals surface area contributed by atoms with Crippen LogP contribution in [0.4, 0.5) is 0 Å². The van der Waals surface area contributed by atoms with Crippen LogP contribution in [0.5, 0.6) is 0 Å². The fraction of sp³-hybridized carbons (Fsp3) is 1.00. The predicted octanol–water partition coefficient (Wildman–Crippen LogP) is 3.63. The SMILES string of the molecule is CC[C@H]1C[C@@H]2CCCC[C@@H]2CN1I. The van der Waals surface area contributed by atoms with Gasteiger partial charge in [-0.25, -0.2) is 3.11 Å². The van der Waals surface area contributed by atoms with Gasteiger partial charge in [0.15, 0.2) is 0 Å². The number of rotatable bonds is 1. The van der Waals surface area contributed by atoms with Crippen molar-refractivity contribution in [3.63, 3.8) is 0 Å². The van der Waals surface area contributed by atoms with Crippen LogP contribution in [0.1, 0.15) is 45.4 Å². The van der Waals surface area contributed by atoms with E-state index >= 15 is 0 Å². The molecule has 2 rings (SSSR count). The Bertz CT molecular complexity index is 171. The fourth-order valence-corrected chi connectivity index (χ4v) is 4.16. The van der Waals surface area contributed by atoms with Gasteiger partial charge in [-0.15, -0.1) is 0 Å². The molecule has 1 saturated heterocycles. The van der Waals surface area contributed by atoms with E-state index in [9.17, 15) is 0 Å². The highest BCUT2D eigenvalue weighted by Crippen LogP contribution is 2.40. The average molecular weight is 293 g/mol. The molecule has 1 aliphatic heterocycles. The zero-order valence-corrected chi connectivity index (χ0v) is 10.7. The lowest BCUT2D eigenvalue weighted by Crippen LogP contribution is -2.42. The summed E-state index contributed by atoms with van der Waals surface area (Å²) < 4.78 is 2.57. The van der Waals surface area contributed by atoms with E-state index < -0.39 is 0 Å². The second kappa shape index (κ2) is 4.47. The second-order valence-electron chi connectivity index (χ2n) is 4.68. The van der Waals surface area contributed by atoms with E-state index in [0.29, 0.717) is 0 Å². The minimum absolute atomic E-state index is 0.875. The molecule has 1 heterocycles. The summed E-state index contributed by atoms with van der Waals surface area (Å²) in [6.07, 6.45) is 8.82. The average Bonchev–Trinajstić information content (AvgIpc) is 2.17. The summed E-state index contributed by atoms with van der Waals surface area (Å²) in [5.74, 6) is 2.11. The number of hydrogen-bond donors (Lipinski definition) is 0. The first kappa shape index (κ1) is 10.2. The van der Waals surface area contributed by atoms with Gasteiger partial charge >= 0.3 is 0 Å². The minimum atomic E-state index is 0.875.